The van der Waals surface area contributed by atoms with Crippen molar-refractivity contribution in [2.75, 3.05) is 48.6 Å². The van der Waals surface area contributed by atoms with E-state index in [0.29, 0.717) is 36.0 Å². The second-order valence-electron chi connectivity index (χ2n) is 6.83. The minimum atomic E-state index is -0.406. The molecule has 0 atom stereocenters. The smallest absolute Gasteiger partial charge is 0.204 e. The normalized spacial score (nSPS) is 11.0. The van der Waals surface area contributed by atoms with E-state index in [-0.39, 0.29) is 28.2 Å². The Balaban J connectivity index is 2.13. The molecular formula is C22H25NO7. The van der Waals surface area contributed by atoms with E-state index >= 15 is 0 Å². The van der Waals surface area contributed by atoms with Crippen molar-refractivity contribution in [3.05, 3.63) is 40.6 Å². The van der Waals surface area contributed by atoms with Crippen LogP contribution < -0.4 is 24.4 Å². The third-order valence-corrected chi connectivity index (χ3v) is 4.58. The van der Waals surface area contributed by atoms with Gasteiger partial charge in [0.05, 0.1) is 21.3 Å². The quantitative estimate of drug-likeness (QED) is 0.600. The van der Waals surface area contributed by atoms with Crippen LogP contribution in [-0.4, -0.2) is 58.6 Å². The summed E-state index contributed by atoms with van der Waals surface area (Å²) in [5.41, 5.74) is 0.402. The molecule has 1 N–H and O–H groups in total. The van der Waals surface area contributed by atoms with Crippen LogP contribution in [0.3, 0.4) is 0 Å². The molecule has 0 radical (unpaired) electrons. The summed E-state index contributed by atoms with van der Waals surface area (Å²) in [6.07, 6.45) is 0. The minimum absolute atomic E-state index is 0.0241. The molecule has 0 amide bonds. The van der Waals surface area contributed by atoms with E-state index in [2.05, 4.69) is 0 Å². The molecule has 0 spiro atoms. The Morgan fingerprint density at radius 2 is 1.70 bits per heavy atom. The van der Waals surface area contributed by atoms with Gasteiger partial charge in [-0.15, -0.1) is 0 Å². The van der Waals surface area contributed by atoms with Gasteiger partial charge in [-0.05, 0) is 32.3 Å². The van der Waals surface area contributed by atoms with Gasteiger partial charge >= 0.3 is 0 Å². The molecule has 0 aliphatic heterocycles. The summed E-state index contributed by atoms with van der Waals surface area (Å²) in [7, 11) is 8.32. The fraction of sp³-hybridized carbons (Fsp3) is 0.318. The SMILES string of the molecule is COc1ccc(-c2cc(=O)c3c(O)c(OC)c(OCCN(C)C)cc3o2)cc1OC. The van der Waals surface area contributed by atoms with Gasteiger partial charge < -0.3 is 33.4 Å². The number of hydrogen-bond donors (Lipinski definition) is 1. The summed E-state index contributed by atoms with van der Waals surface area (Å²) >= 11 is 0. The Morgan fingerprint density at radius 3 is 2.33 bits per heavy atom. The van der Waals surface area contributed by atoms with Crippen molar-refractivity contribution in [2.24, 2.45) is 0 Å². The van der Waals surface area contributed by atoms with E-state index in [9.17, 15) is 9.90 Å². The Hall–Kier alpha value is -3.39. The van der Waals surface area contributed by atoms with Gasteiger partial charge in [0.25, 0.3) is 0 Å². The molecule has 0 saturated carbocycles. The number of methoxy groups -OCH3 is 3. The fourth-order valence-electron chi connectivity index (χ4n) is 3.04. The van der Waals surface area contributed by atoms with Crippen LogP contribution in [0.25, 0.3) is 22.3 Å². The first kappa shape index (κ1) is 21.3. The number of phenols is 1. The standard InChI is InChI=1S/C22H25NO7/c1-23(2)8-9-29-19-12-18-20(21(25)22(19)28-5)14(24)11-16(30-18)13-6-7-15(26-3)17(10-13)27-4/h6-7,10-12,25H,8-9H2,1-5H3. The summed E-state index contributed by atoms with van der Waals surface area (Å²) in [6, 6.07) is 8.05. The van der Waals surface area contributed by atoms with Gasteiger partial charge in [-0.1, -0.05) is 0 Å². The lowest BCUT2D eigenvalue weighted by Crippen LogP contribution is -2.19. The topological polar surface area (TPSA) is 90.6 Å². The second kappa shape index (κ2) is 8.96. The number of benzene rings is 2. The van der Waals surface area contributed by atoms with Gasteiger partial charge in [-0.2, -0.15) is 0 Å². The van der Waals surface area contributed by atoms with Gasteiger partial charge in [0.15, 0.2) is 28.4 Å². The first-order chi connectivity index (χ1) is 14.4. The molecule has 0 unspecified atom stereocenters. The molecule has 160 valence electrons. The van der Waals surface area contributed by atoms with Gasteiger partial charge in [-0.25, -0.2) is 0 Å². The van der Waals surface area contributed by atoms with Crippen LogP contribution >= 0.6 is 0 Å². The summed E-state index contributed by atoms with van der Waals surface area (Å²) in [4.78, 5) is 14.7. The third-order valence-electron chi connectivity index (χ3n) is 4.58. The highest BCUT2D eigenvalue weighted by Crippen LogP contribution is 2.42. The Bertz CT molecular complexity index is 1100. The van der Waals surface area contributed by atoms with E-state index in [1.807, 2.05) is 19.0 Å². The average Bonchev–Trinajstić information content (AvgIpc) is 2.72. The lowest BCUT2D eigenvalue weighted by atomic mass is 10.1. The highest BCUT2D eigenvalue weighted by Gasteiger charge is 2.20. The molecule has 3 rings (SSSR count). The van der Waals surface area contributed by atoms with Crippen molar-refractivity contribution in [3.8, 4) is 40.1 Å². The summed E-state index contributed by atoms with van der Waals surface area (Å²) in [5, 5.41) is 10.6. The maximum atomic E-state index is 12.8. The maximum absolute atomic E-state index is 12.8. The molecule has 0 bridgehead atoms. The lowest BCUT2D eigenvalue weighted by Gasteiger charge is -2.15. The largest absolute Gasteiger partial charge is 0.504 e. The number of fused-ring (bicyclic) bond motifs is 1. The summed E-state index contributed by atoms with van der Waals surface area (Å²) in [6.45, 7) is 1.03. The highest BCUT2D eigenvalue weighted by atomic mass is 16.5. The number of nitrogens with zero attached hydrogens (tertiary/aromatic N) is 1. The first-order valence-corrected chi connectivity index (χ1v) is 9.27. The van der Waals surface area contributed by atoms with E-state index in [1.165, 1.54) is 20.3 Å². The second-order valence-corrected chi connectivity index (χ2v) is 6.83. The molecular weight excluding hydrogens is 390 g/mol. The molecule has 8 nitrogen and oxygen atoms in total. The predicted octanol–water partition coefficient (Wildman–Crippen LogP) is 3.13. The Labute approximate surface area is 174 Å². The molecule has 0 aliphatic rings. The minimum Gasteiger partial charge on any atom is -0.504 e. The van der Waals surface area contributed by atoms with Crippen LogP contribution in [0.1, 0.15) is 0 Å². The van der Waals surface area contributed by atoms with Gasteiger partial charge in [0.1, 0.15) is 23.3 Å². The Morgan fingerprint density at radius 1 is 0.967 bits per heavy atom. The van der Waals surface area contributed by atoms with Crippen LogP contribution in [-0.2, 0) is 0 Å². The van der Waals surface area contributed by atoms with Gasteiger partial charge in [-0.3, -0.25) is 4.79 Å². The molecule has 30 heavy (non-hydrogen) atoms. The number of hydrogen-bond acceptors (Lipinski definition) is 8. The molecule has 1 heterocycles. The zero-order valence-electron chi connectivity index (χ0n) is 17.6. The zero-order chi connectivity index (χ0) is 21.8. The van der Waals surface area contributed by atoms with Gasteiger partial charge in [0, 0.05) is 24.2 Å². The molecule has 8 heteroatoms. The summed E-state index contributed by atoms with van der Waals surface area (Å²) in [5.74, 6) is 1.44. The zero-order valence-corrected chi connectivity index (χ0v) is 17.6. The Kier molecular flexibility index (Phi) is 6.37. The fourth-order valence-corrected chi connectivity index (χ4v) is 3.04. The van der Waals surface area contributed by atoms with E-state index < -0.39 is 5.43 Å². The van der Waals surface area contributed by atoms with E-state index in [0.717, 1.165) is 0 Å². The van der Waals surface area contributed by atoms with E-state index in [4.69, 9.17) is 23.4 Å². The van der Waals surface area contributed by atoms with Crippen LogP contribution in [0.4, 0.5) is 0 Å². The lowest BCUT2D eigenvalue weighted by molar-refractivity contribution is 0.248. The number of rotatable bonds is 8. The molecule has 0 saturated heterocycles. The van der Waals surface area contributed by atoms with Crippen LogP contribution in [0.2, 0.25) is 0 Å². The first-order valence-electron chi connectivity index (χ1n) is 9.27. The summed E-state index contributed by atoms with van der Waals surface area (Å²) < 4.78 is 27.5. The number of aromatic hydroxyl groups is 1. The number of phenolic OH excluding ortho intramolecular Hbond substituents is 1. The third kappa shape index (κ3) is 4.13. The van der Waals surface area contributed by atoms with Crippen LogP contribution in [0, 0.1) is 0 Å². The van der Waals surface area contributed by atoms with Crippen LogP contribution in [0.15, 0.2) is 39.5 Å². The van der Waals surface area contributed by atoms with Crippen LogP contribution in [0.5, 0.6) is 28.7 Å². The molecule has 3 aromatic rings. The van der Waals surface area contributed by atoms with Crippen molar-refractivity contribution in [1.82, 2.24) is 4.90 Å². The monoisotopic (exact) mass is 415 g/mol. The van der Waals surface area contributed by atoms with Crippen molar-refractivity contribution < 1.29 is 28.5 Å². The molecule has 2 aromatic carbocycles. The predicted molar refractivity (Wildman–Crippen MR) is 113 cm³/mol. The molecule has 1 aromatic heterocycles. The number of ether oxygens (including phenoxy) is 4. The van der Waals surface area contributed by atoms with Gasteiger partial charge in [0.2, 0.25) is 5.75 Å². The van der Waals surface area contributed by atoms with E-state index in [1.54, 1.807) is 31.4 Å². The highest BCUT2D eigenvalue weighted by molar-refractivity contribution is 5.89. The van der Waals surface area contributed by atoms with Crippen molar-refractivity contribution in [1.29, 1.82) is 0 Å². The average molecular weight is 415 g/mol. The number of likely N-dealkylation sites (N-methyl/N-ethyl adjacent to an activating group) is 1. The van der Waals surface area contributed by atoms with Crippen molar-refractivity contribution in [2.45, 2.75) is 0 Å². The van der Waals surface area contributed by atoms with Crippen molar-refractivity contribution in [3.63, 3.8) is 0 Å². The molecule has 0 aliphatic carbocycles. The molecule has 0 fully saturated rings. The van der Waals surface area contributed by atoms with Crippen molar-refractivity contribution >= 4 is 11.0 Å². The maximum Gasteiger partial charge on any atom is 0.204 e.